The third-order valence-electron chi connectivity index (χ3n) is 1.84. The number of thioether (sulfide) groups is 1. The zero-order valence-electron chi connectivity index (χ0n) is 9.45. The summed E-state index contributed by atoms with van der Waals surface area (Å²) >= 11 is 8.20. The first kappa shape index (κ1) is 14.7. The standard InChI is InChI=1S/C11H12INO2S2/c1-3-15-11(14)17-10(16)13-8-4-5-9(12)7(2)6-8/h4-6H,3H2,1-2H3,(H,13,16). The van der Waals surface area contributed by atoms with E-state index in [-0.39, 0.29) is 5.30 Å². The SMILES string of the molecule is CCOC(=O)SC(=S)Nc1ccc(I)c(C)c1. The van der Waals surface area contributed by atoms with Crippen LogP contribution in [0.5, 0.6) is 0 Å². The van der Waals surface area contributed by atoms with Gasteiger partial charge < -0.3 is 10.1 Å². The van der Waals surface area contributed by atoms with Crippen LogP contribution in [0.3, 0.4) is 0 Å². The Labute approximate surface area is 124 Å². The lowest BCUT2D eigenvalue weighted by Crippen LogP contribution is -2.09. The maximum atomic E-state index is 11.2. The van der Waals surface area contributed by atoms with Crippen molar-refractivity contribution in [3.8, 4) is 0 Å². The Balaban J connectivity index is 2.56. The van der Waals surface area contributed by atoms with Gasteiger partial charge in [0, 0.05) is 21.0 Å². The second kappa shape index (κ2) is 7.17. The third kappa shape index (κ3) is 5.22. The van der Waals surface area contributed by atoms with Gasteiger partial charge >= 0.3 is 5.30 Å². The first-order chi connectivity index (χ1) is 8.02. The second-order valence-electron chi connectivity index (χ2n) is 3.16. The van der Waals surface area contributed by atoms with E-state index in [1.54, 1.807) is 6.92 Å². The summed E-state index contributed by atoms with van der Waals surface area (Å²) in [6.45, 7) is 4.14. The monoisotopic (exact) mass is 381 g/mol. The van der Waals surface area contributed by atoms with Gasteiger partial charge in [0.15, 0.2) is 0 Å². The van der Waals surface area contributed by atoms with Crippen molar-refractivity contribution in [3.63, 3.8) is 0 Å². The van der Waals surface area contributed by atoms with Crippen LogP contribution in [-0.2, 0) is 4.74 Å². The van der Waals surface area contributed by atoms with E-state index in [0.29, 0.717) is 10.9 Å². The van der Waals surface area contributed by atoms with Gasteiger partial charge in [0.2, 0.25) is 0 Å². The number of rotatable bonds is 2. The lowest BCUT2D eigenvalue weighted by molar-refractivity contribution is 0.182. The van der Waals surface area contributed by atoms with Crippen molar-refractivity contribution in [2.45, 2.75) is 13.8 Å². The van der Waals surface area contributed by atoms with Crippen LogP contribution in [0.4, 0.5) is 10.5 Å². The van der Waals surface area contributed by atoms with Gasteiger partial charge in [-0.3, -0.25) is 0 Å². The number of aryl methyl sites for hydroxylation is 1. The lowest BCUT2D eigenvalue weighted by Gasteiger charge is -2.08. The van der Waals surface area contributed by atoms with Gasteiger partial charge in [0.1, 0.15) is 4.32 Å². The zero-order valence-corrected chi connectivity index (χ0v) is 13.2. The topological polar surface area (TPSA) is 38.3 Å². The number of carbonyl (C=O) groups is 1. The molecular weight excluding hydrogens is 369 g/mol. The number of hydrogen-bond donors (Lipinski definition) is 1. The number of anilines is 1. The number of hydrogen-bond acceptors (Lipinski definition) is 4. The van der Waals surface area contributed by atoms with Crippen LogP contribution in [0.15, 0.2) is 18.2 Å². The molecule has 6 heteroatoms. The largest absolute Gasteiger partial charge is 0.458 e. The molecule has 0 radical (unpaired) electrons. The van der Waals surface area contributed by atoms with Crippen molar-refractivity contribution < 1.29 is 9.53 Å². The Morgan fingerprint density at radius 3 is 2.88 bits per heavy atom. The summed E-state index contributed by atoms with van der Waals surface area (Å²) in [6.07, 6.45) is 0. The van der Waals surface area contributed by atoms with Gasteiger partial charge in [-0.2, -0.15) is 0 Å². The normalized spacial score (nSPS) is 9.82. The number of carbonyl (C=O) groups excluding carboxylic acids is 1. The van der Waals surface area contributed by atoms with Crippen molar-refractivity contribution in [2.75, 3.05) is 11.9 Å². The zero-order chi connectivity index (χ0) is 12.8. The van der Waals surface area contributed by atoms with Gasteiger partial charge in [0.25, 0.3) is 0 Å². The summed E-state index contributed by atoms with van der Waals surface area (Å²) in [5.74, 6) is 0. The molecule has 3 nitrogen and oxygen atoms in total. The predicted molar refractivity (Wildman–Crippen MR) is 84.7 cm³/mol. The van der Waals surface area contributed by atoms with Crippen molar-refractivity contribution in [3.05, 3.63) is 27.3 Å². The molecule has 1 aromatic rings. The van der Waals surface area contributed by atoms with Crippen LogP contribution in [0.25, 0.3) is 0 Å². The molecule has 0 unspecified atom stereocenters. The molecule has 1 rings (SSSR count). The van der Waals surface area contributed by atoms with Crippen LogP contribution in [0.1, 0.15) is 12.5 Å². The number of benzene rings is 1. The highest BCUT2D eigenvalue weighted by Crippen LogP contribution is 2.19. The van der Waals surface area contributed by atoms with E-state index < -0.39 is 0 Å². The molecule has 0 bridgehead atoms. The van der Waals surface area contributed by atoms with Gasteiger partial charge in [-0.15, -0.1) is 0 Å². The van der Waals surface area contributed by atoms with Crippen LogP contribution in [0.2, 0.25) is 0 Å². The van der Waals surface area contributed by atoms with E-state index in [2.05, 4.69) is 27.9 Å². The van der Waals surface area contributed by atoms with E-state index in [0.717, 1.165) is 17.4 Å². The van der Waals surface area contributed by atoms with Gasteiger partial charge in [-0.05, 0) is 60.2 Å². The molecule has 0 saturated heterocycles. The summed E-state index contributed by atoms with van der Waals surface area (Å²) < 4.78 is 6.37. The summed E-state index contributed by atoms with van der Waals surface area (Å²) in [4.78, 5) is 11.2. The Kier molecular flexibility index (Phi) is 6.21. The maximum absolute atomic E-state index is 11.2. The van der Waals surface area contributed by atoms with Gasteiger partial charge in [-0.25, -0.2) is 4.79 Å². The average molecular weight is 381 g/mol. The van der Waals surface area contributed by atoms with E-state index in [4.69, 9.17) is 17.0 Å². The first-order valence-electron chi connectivity index (χ1n) is 4.94. The predicted octanol–water partition coefficient (Wildman–Crippen LogP) is 4.19. The third-order valence-corrected chi connectivity index (χ3v) is 3.98. The average Bonchev–Trinajstić information content (AvgIpc) is 2.23. The number of thiocarbonyl (C=S) groups is 1. The maximum Gasteiger partial charge on any atom is 0.374 e. The van der Waals surface area contributed by atoms with Gasteiger partial charge in [-0.1, -0.05) is 12.2 Å². The molecule has 1 aromatic carbocycles. The molecule has 0 aliphatic rings. The summed E-state index contributed by atoms with van der Waals surface area (Å²) in [5.41, 5.74) is 2.05. The molecule has 17 heavy (non-hydrogen) atoms. The van der Waals surface area contributed by atoms with Crippen molar-refractivity contribution in [1.29, 1.82) is 0 Å². The summed E-state index contributed by atoms with van der Waals surface area (Å²) in [7, 11) is 0. The van der Waals surface area contributed by atoms with E-state index in [9.17, 15) is 4.79 Å². The second-order valence-corrected chi connectivity index (χ2v) is 5.94. The molecule has 0 aromatic heterocycles. The van der Waals surface area contributed by atoms with Gasteiger partial charge in [0.05, 0.1) is 6.61 Å². The van der Waals surface area contributed by atoms with Crippen molar-refractivity contribution >= 4 is 61.9 Å². The van der Waals surface area contributed by atoms with E-state index in [1.165, 1.54) is 9.13 Å². The Bertz CT molecular complexity index is 437. The fourth-order valence-electron chi connectivity index (χ4n) is 1.09. The highest BCUT2D eigenvalue weighted by atomic mass is 127. The number of halogens is 1. The highest BCUT2D eigenvalue weighted by Gasteiger charge is 2.08. The van der Waals surface area contributed by atoms with Crippen molar-refractivity contribution in [1.82, 2.24) is 0 Å². The summed E-state index contributed by atoms with van der Waals surface area (Å²) in [6, 6.07) is 5.91. The Morgan fingerprint density at radius 2 is 2.29 bits per heavy atom. The molecule has 0 spiro atoms. The lowest BCUT2D eigenvalue weighted by atomic mass is 10.2. The van der Waals surface area contributed by atoms with Crippen LogP contribution >= 0.6 is 46.6 Å². The van der Waals surface area contributed by atoms with E-state index >= 15 is 0 Å². The molecule has 0 atom stereocenters. The highest BCUT2D eigenvalue weighted by molar-refractivity contribution is 14.1. The molecule has 0 heterocycles. The van der Waals surface area contributed by atoms with Crippen LogP contribution < -0.4 is 5.32 Å². The molecule has 0 aliphatic carbocycles. The molecule has 1 N–H and O–H groups in total. The minimum absolute atomic E-state index is 0.358. The molecule has 92 valence electrons. The smallest absolute Gasteiger partial charge is 0.374 e. The van der Waals surface area contributed by atoms with Crippen LogP contribution in [0, 0.1) is 10.5 Å². The number of ether oxygens (including phenoxy) is 1. The fourth-order valence-corrected chi connectivity index (χ4v) is 2.24. The van der Waals surface area contributed by atoms with E-state index in [1.807, 2.05) is 25.1 Å². The van der Waals surface area contributed by atoms with Crippen LogP contribution in [-0.4, -0.2) is 16.2 Å². The molecule has 0 amide bonds. The molecular formula is C11H12INO2S2. The van der Waals surface area contributed by atoms with Crippen molar-refractivity contribution in [2.24, 2.45) is 0 Å². The fraction of sp³-hybridized carbons (Fsp3) is 0.273. The Morgan fingerprint density at radius 1 is 1.59 bits per heavy atom. The minimum Gasteiger partial charge on any atom is -0.458 e. The minimum atomic E-state index is -0.382. The summed E-state index contributed by atoms with van der Waals surface area (Å²) in [5, 5.41) is 2.61. The molecule has 0 saturated carbocycles. The number of nitrogens with one attached hydrogen (secondary N) is 1. The Hall–Kier alpha value is -0.340. The molecule has 0 aliphatic heterocycles. The quantitative estimate of drug-likeness (QED) is 0.473. The molecule has 0 fully saturated rings. The first-order valence-corrected chi connectivity index (χ1v) is 7.25.